The third-order valence-corrected chi connectivity index (χ3v) is 4.07. The van der Waals surface area contributed by atoms with Gasteiger partial charge in [0.1, 0.15) is 0 Å². The lowest BCUT2D eigenvalue weighted by Crippen LogP contribution is -2.35. The van der Waals surface area contributed by atoms with Crippen LogP contribution < -0.4 is 5.32 Å². The number of benzene rings is 1. The number of hydrogen-bond acceptors (Lipinski definition) is 3. The first-order valence-electron chi connectivity index (χ1n) is 7.94. The summed E-state index contributed by atoms with van der Waals surface area (Å²) in [7, 11) is 1.90. The molecule has 0 atom stereocenters. The number of hydrogen-bond donors (Lipinski definition) is 1. The van der Waals surface area contributed by atoms with E-state index in [4.69, 9.17) is 0 Å². The second-order valence-corrected chi connectivity index (χ2v) is 5.85. The molecule has 0 spiro atoms. The predicted octanol–water partition coefficient (Wildman–Crippen LogP) is 2.59. The zero-order valence-electron chi connectivity index (χ0n) is 13.5. The van der Waals surface area contributed by atoms with Crippen molar-refractivity contribution in [3.05, 3.63) is 29.3 Å². The van der Waals surface area contributed by atoms with Gasteiger partial charge in [0.2, 0.25) is 0 Å². The first-order valence-corrected chi connectivity index (χ1v) is 7.94. The van der Waals surface area contributed by atoms with Gasteiger partial charge in [-0.1, -0.05) is 6.07 Å². The summed E-state index contributed by atoms with van der Waals surface area (Å²) in [4.78, 5) is 16.9. The first kappa shape index (κ1) is 15.8. The maximum Gasteiger partial charge on any atom is 0.255 e. The number of aryl methyl sites for hydroxylation is 1. The largest absolute Gasteiger partial charge is 0.385 e. The first-order chi connectivity index (χ1) is 10.1. The average Bonchev–Trinajstić information content (AvgIpc) is 2.98. The maximum absolute atomic E-state index is 12.6. The molecule has 1 fully saturated rings. The lowest BCUT2D eigenvalue weighted by molar-refractivity contribution is 0.0783. The van der Waals surface area contributed by atoms with Crippen LogP contribution in [0.3, 0.4) is 0 Å². The molecule has 2 rings (SSSR count). The van der Waals surface area contributed by atoms with Crippen molar-refractivity contribution in [2.75, 3.05) is 45.1 Å². The molecule has 0 bridgehead atoms. The number of carbonyl (C=O) groups is 1. The van der Waals surface area contributed by atoms with Crippen LogP contribution in [0.25, 0.3) is 0 Å². The van der Waals surface area contributed by atoms with Gasteiger partial charge < -0.3 is 15.1 Å². The lowest BCUT2D eigenvalue weighted by Gasteiger charge is -2.23. The van der Waals surface area contributed by atoms with Gasteiger partial charge in [0.25, 0.3) is 5.91 Å². The lowest BCUT2D eigenvalue weighted by atomic mass is 10.1. The highest BCUT2D eigenvalue weighted by molar-refractivity contribution is 5.99. The van der Waals surface area contributed by atoms with Crippen LogP contribution in [-0.2, 0) is 0 Å². The molecular formula is C17H27N3O. The van der Waals surface area contributed by atoms with Gasteiger partial charge in [-0.3, -0.25) is 4.79 Å². The molecule has 1 aliphatic rings. The molecule has 1 aromatic rings. The van der Waals surface area contributed by atoms with Crippen LogP contribution in [0, 0.1) is 6.92 Å². The topological polar surface area (TPSA) is 35.6 Å². The smallest absolute Gasteiger partial charge is 0.255 e. The van der Waals surface area contributed by atoms with Crippen molar-refractivity contribution in [1.82, 2.24) is 9.80 Å². The van der Waals surface area contributed by atoms with Crippen molar-refractivity contribution in [3.63, 3.8) is 0 Å². The molecule has 0 aromatic heterocycles. The molecule has 1 amide bonds. The minimum atomic E-state index is 0.102. The Morgan fingerprint density at radius 1 is 1.33 bits per heavy atom. The summed E-state index contributed by atoms with van der Waals surface area (Å²) >= 11 is 0. The molecule has 116 valence electrons. The number of rotatable bonds is 6. The number of carbonyl (C=O) groups excluding carboxylic acids is 1. The average molecular weight is 289 g/mol. The minimum Gasteiger partial charge on any atom is -0.385 e. The summed E-state index contributed by atoms with van der Waals surface area (Å²) in [6.45, 7) is 9.04. The van der Waals surface area contributed by atoms with E-state index >= 15 is 0 Å². The number of anilines is 1. The van der Waals surface area contributed by atoms with Gasteiger partial charge >= 0.3 is 0 Å². The molecule has 1 heterocycles. The number of nitrogens with zero attached hydrogens (tertiary/aromatic N) is 2. The number of likely N-dealkylation sites (N-methyl/N-ethyl adjacent to an activating group) is 1. The quantitative estimate of drug-likeness (QED) is 0.874. The number of amides is 1. The van der Waals surface area contributed by atoms with Gasteiger partial charge in [-0.25, -0.2) is 0 Å². The summed E-state index contributed by atoms with van der Waals surface area (Å²) in [5.74, 6) is 0.102. The minimum absolute atomic E-state index is 0.102. The summed E-state index contributed by atoms with van der Waals surface area (Å²) in [5, 5.41) is 3.29. The fourth-order valence-electron chi connectivity index (χ4n) is 2.79. The van der Waals surface area contributed by atoms with E-state index in [0.29, 0.717) is 0 Å². The second kappa shape index (κ2) is 7.46. The van der Waals surface area contributed by atoms with Gasteiger partial charge in [0.15, 0.2) is 0 Å². The Labute approximate surface area is 128 Å². The normalized spacial score (nSPS) is 15.2. The van der Waals surface area contributed by atoms with Crippen LogP contribution in [-0.4, -0.2) is 55.5 Å². The molecule has 1 N–H and O–H groups in total. The van der Waals surface area contributed by atoms with Crippen LogP contribution in [0.2, 0.25) is 0 Å². The molecule has 0 aliphatic carbocycles. The molecule has 0 saturated carbocycles. The molecule has 1 aliphatic heterocycles. The Hall–Kier alpha value is -1.55. The highest BCUT2D eigenvalue weighted by Gasteiger charge is 2.17. The monoisotopic (exact) mass is 289 g/mol. The number of nitrogens with one attached hydrogen (secondary N) is 1. The molecule has 4 heteroatoms. The van der Waals surface area contributed by atoms with Crippen molar-refractivity contribution < 1.29 is 4.79 Å². The summed E-state index contributed by atoms with van der Waals surface area (Å²) < 4.78 is 0. The van der Waals surface area contributed by atoms with E-state index in [1.807, 2.05) is 44.0 Å². The van der Waals surface area contributed by atoms with Crippen LogP contribution in [0.15, 0.2) is 18.2 Å². The predicted molar refractivity (Wildman–Crippen MR) is 88.0 cm³/mol. The highest BCUT2D eigenvalue weighted by atomic mass is 16.2. The standard InChI is InChI=1S/C17H27N3O/c1-4-18-16-13-14(2)7-8-15(16)17(21)19(3)11-12-20-9-5-6-10-20/h7-8,13,18H,4-6,9-12H2,1-3H3. The number of likely N-dealkylation sites (tertiary alicyclic amines) is 1. The second-order valence-electron chi connectivity index (χ2n) is 5.85. The molecule has 0 radical (unpaired) electrons. The fraction of sp³-hybridized carbons (Fsp3) is 0.588. The van der Waals surface area contributed by atoms with Gasteiger partial charge in [0.05, 0.1) is 5.56 Å². The van der Waals surface area contributed by atoms with Crippen molar-refractivity contribution in [2.24, 2.45) is 0 Å². The van der Waals surface area contributed by atoms with E-state index in [1.54, 1.807) is 0 Å². The van der Waals surface area contributed by atoms with E-state index in [-0.39, 0.29) is 5.91 Å². The Bertz CT molecular complexity index is 481. The van der Waals surface area contributed by atoms with Crippen LogP contribution in [0.5, 0.6) is 0 Å². The zero-order chi connectivity index (χ0) is 15.2. The summed E-state index contributed by atoms with van der Waals surface area (Å²) in [6.07, 6.45) is 2.58. The molecule has 21 heavy (non-hydrogen) atoms. The van der Waals surface area contributed by atoms with Crippen molar-refractivity contribution in [2.45, 2.75) is 26.7 Å². The summed E-state index contributed by atoms with van der Waals surface area (Å²) in [5.41, 5.74) is 2.88. The van der Waals surface area contributed by atoms with Gasteiger partial charge in [0, 0.05) is 32.4 Å². The Morgan fingerprint density at radius 2 is 2.05 bits per heavy atom. The Kier molecular flexibility index (Phi) is 5.62. The molecule has 1 aromatic carbocycles. The third-order valence-electron chi connectivity index (χ3n) is 4.07. The van der Waals surface area contributed by atoms with Crippen LogP contribution in [0.4, 0.5) is 5.69 Å². The van der Waals surface area contributed by atoms with E-state index in [9.17, 15) is 4.79 Å². The van der Waals surface area contributed by atoms with Gasteiger partial charge in [-0.15, -0.1) is 0 Å². The van der Waals surface area contributed by atoms with E-state index in [0.717, 1.165) is 30.9 Å². The van der Waals surface area contributed by atoms with Crippen LogP contribution in [0.1, 0.15) is 35.7 Å². The maximum atomic E-state index is 12.6. The van der Waals surface area contributed by atoms with E-state index in [1.165, 1.54) is 31.5 Å². The van der Waals surface area contributed by atoms with Gasteiger partial charge in [-0.05, 0) is 57.5 Å². The van der Waals surface area contributed by atoms with Crippen LogP contribution >= 0.6 is 0 Å². The fourth-order valence-corrected chi connectivity index (χ4v) is 2.79. The van der Waals surface area contributed by atoms with Gasteiger partial charge in [-0.2, -0.15) is 0 Å². The SMILES string of the molecule is CCNc1cc(C)ccc1C(=O)N(C)CCN1CCCC1. The molecule has 1 saturated heterocycles. The highest BCUT2D eigenvalue weighted by Crippen LogP contribution is 2.19. The van der Waals surface area contributed by atoms with Crippen molar-refractivity contribution >= 4 is 11.6 Å². The Morgan fingerprint density at radius 3 is 2.71 bits per heavy atom. The zero-order valence-corrected chi connectivity index (χ0v) is 13.5. The third kappa shape index (κ3) is 4.21. The Balaban J connectivity index is 2.00. The van der Waals surface area contributed by atoms with E-state index in [2.05, 4.69) is 10.2 Å². The molecular weight excluding hydrogens is 262 g/mol. The molecule has 0 unspecified atom stereocenters. The summed E-state index contributed by atoms with van der Waals surface area (Å²) in [6, 6.07) is 5.98. The van der Waals surface area contributed by atoms with E-state index < -0.39 is 0 Å². The van der Waals surface area contributed by atoms with Crippen molar-refractivity contribution in [3.8, 4) is 0 Å². The molecule has 4 nitrogen and oxygen atoms in total. The van der Waals surface area contributed by atoms with Crippen molar-refractivity contribution in [1.29, 1.82) is 0 Å².